The van der Waals surface area contributed by atoms with Crippen molar-refractivity contribution < 1.29 is 29.6 Å². The number of esters is 1. The molecule has 0 aromatic rings. The van der Waals surface area contributed by atoms with Gasteiger partial charge >= 0.3 is 5.97 Å². The first-order chi connectivity index (χ1) is 20.9. The van der Waals surface area contributed by atoms with Crippen LogP contribution < -0.4 is 0 Å². The Labute approximate surface area is 263 Å². The molecular weight excluding hydrogens is 540 g/mol. The highest BCUT2D eigenvalue weighted by Crippen LogP contribution is 2.28. The molecule has 0 radical (unpaired) electrons. The van der Waals surface area contributed by atoms with E-state index in [-0.39, 0.29) is 30.4 Å². The Balaban J connectivity index is 1.38. The summed E-state index contributed by atoms with van der Waals surface area (Å²) in [6.07, 6.45) is 30.2. The number of allylic oxidation sites excluding steroid dienone is 2. The maximum absolute atomic E-state index is 11.6. The molecule has 2 rings (SSSR count). The summed E-state index contributed by atoms with van der Waals surface area (Å²) in [6.45, 7) is 4.13. The standard InChI is InChI=1S/C37H66O6/c1-3-4-5-6-7-8-9-10-13-17-20-25-35(40)36-28-27-32(43-36)23-21-26-34(39)33(38)24-19-16-14-11-12-15-18-22-31-29-30(2)42-37(31)41/h6-7,29-30,32-36,38-40H,3-5,8-28H2,1-2H3/b7-6+/t30?,32-,33-,34-,35+,36+/m1/s1. The lowest BCUT2D eigenvalue weighted by Crippen LogP contribution is -2.27. The maximum atomic E-state index is 11.6. The number of rotatable bonds is 27. The average Bonchev–Trinajstić information content (AvgIpc) is 3.59. The first-order valence-corrected chi connectivity index (χ1v) is 18.2. The molecule has 250 valence electrons. The lowest BCUT2D eigenvalue weighted by molar-refractivity contribution is -0.139. The summed E-state index contributed by atoms with van der Waals surface area (Å²) >= 11 is 0. The number of hydrogen-bond acceptors (Lipinski definition) is 6. The van der Waals surface area contributed by atoms with Crippen molar-refractivity contribution in [1.82, 2.24) is 0 Å². The third-order valence-corrected chi connectivity index (χ3v) is 9.24. The smallest absolute Gasteiger partial charge is 0.334 e. The predicted octanol–water partition coefficient (Wildman–Crippen LogP) is 8.65. The monoisotopic (exact) mass is 606 g/mol. The van der Waals surface area contributed by atoms with Crippen molar-refractivity contribution in [2.45, 2.75) is 205 Å². The van der Waals surface area contributed by atoms with E-state index in [1.807, 2.05) is 13.0 Å². The summed E-state index contributed by atoms with van der Waals surface area (Å²) in [5.74, 6) is -0.146. The number of aliphatic hydroxyl groups excluding tert-OH is 3. The third kappa shape index (κ3) is 17.8. The number of cyclic esters (lactones) is 1. The van der Waals surface area contributed by atoms with E-state index in [1.54, 1.807) is 0 Å². The van der Waals surface area contributed by atoms with E-state index < -0.39 is 12.2 Å². The second-order valence-electron chi connectivity index (χ2n) is 13.3. The van der Waals surface area contributed by atoms with E-state index in [9.17, 15) is 20.1 Å². The van der Waals surface area contributed by atoms with Crippen LogP contribution in [0.1, 0.15) is 168 Å². The van der Waals surface area contributed by atoms with Gasteiger partial charge in [0, 0.05) is 5.57 Å². The molecule has 43 heavy (non-hydrogen) atoms. The molecular formula is C37H66O6. The van der Waals surface area contributed by atoms with Crippen molar-refractivity contribution in [2.24, 2.45) is 0 Å². The van der Waals surface area contributed by atoms with Gasteiger partial charge in [-0.15, -0.1) is 0 Å². The molecule has 6 nitrogen and oxygen atoms in total. The van der Waals surface area contributed by atoms with Gasteiger partial charge in [0.2, 0.25) is 0 Å². The minimum Gasteiger partial charge on any atom is -0.455 e. The molecule has 1 fully saturated rings. The molecule has 0 amide bonds. The van der Waals surface area contributed by atoms with E-state index in [0.717, 1.165) is 82.6 Å². The molecule has 1 saturated heterocycles. The fraction of sp³-hybridized carbons (Fsp3) is 0.865. The molecule has 0 aromatic carbocycles. The van der Waals surface area contributed by atoms with Gasteiger partial charge in [-0.25, -0.2) is 4.79 Å². The van der Waals surface area contributed by atoms with Gasteiger partial charge in [0.25, 0.3) is 0 Å². The summed E-state index contributed by atoms with van der Waals surface area (Å²) in [5.41, 5.74) is 0.836. The van der Waals surface area contributed by atoms with Crippen LogP contribution in [-0.2, 0) is 14.3 Å². The van der Waals surface area contributed by atoms with Gasteiger partial charge in [0.05, 0.1) is 30.5 Å². The van der Waals surface area contributed by atoms with Gasteiger partial charge in [-0.1, -0.05) is 96.1 Å². The maximum Gasteiger partial charge on any atom is 0.334 e. The first-order valence-electron chi connectivity index (χ1n) is 18.2. The van der Waals surface area contributed by atoms with Gasteiger partial charge in [-0.05, 0) is 90.0 Å². The molecule has 6 heteroatoms. The Morgan fingerprint density at radius 1 is 0.767 bits per heavy atom. The molecule has 0 spiro atoms. The first kappa shape index (κ1) is 38.0. The quantitative estimate of drug-likeness (QED) is 0.0492. The van der Waals surface area contributed by atoms with Crippen LogP contribution in [0.25, 0.3) is 0 Å². The zero-order valence-electron chi connectivity index (χ0n) is 27.7. The molecule has 2 heterocycles. The van der Waals surface area contributed by atoms with Crippen LogP contribution in [0.3, 0.4) is 0 Å². The Kier molecular flexibility index (Phi) is 21.3. The zero-order valence-corrected chi connectivity index (χ0v) is 27.7. The Morgan fingerprint density at radius 3 is 2.00 bits per heavy atom. The summed E-state index contributed by atoms with van der Waals surface area (Å²) in [7, 11) is 0. The molecule has 3 N–H and O–H groups in total. The molecule has 2 aliphatic rings. The lowest BCUT2D eigenvalue weighted by atomic mass is 9.98. The van der Waals surface area contributed by atoms with Crippen LogP contribution >= 0.6 is 0 Å². The minimum atomic E-state index is -0.667. The van der Waals surface area contributed by atoms with E-state index in [4.69, 9.17) is 9.47 Å². The van der Waals surface area contributed by atoms with E-state index in [0.29, 0.717) is 12.8 Å². The number of carbonyl (C=O) groups excluding carboxylic acids is 1. The lowest BCUT2D eigenvalue weighted by Gasteiger charge is -2.20. The van der Waals surface area contributed by atoms with Gasteiger partial charge in [-0.2, -0.15) is 0 Å². The van der Waals surface area contributed by atoms with Crippen molar-refractivity contribution in [3.63, 3.8) is 0 Å². The van der Waals surface area contributed by atoms with Crippen molar-refractivity contribution in [3.05, 3.63) is 23.8 Å². The molecule has 0 aromatic heterocycles. The number of unbranched alkanes of at least 4 members (excludes halogenated alkanes) is 13. The number of hydrogen-bond donors (Lipinski definition) is 3. The van der Waals surface area contributed by atoms with Gasteiger partial charge in [0.1, 0.15) is 6.10 Å². The van der Waals surface area contributed by atoms with Crippen LogP contribution in [0.5, 0.6) is 0 Å². The zero-order chi connectivity index (χ0) is 31.1. The summed E-state index contributed by atoms with van der Waals surface area (Å²) < 4.78 is 11.3. The highest BCUT2D eigenvalue weighted by Gasteiger charge is 2.30. The van der Waals surface area contributed by atoms with Gasteiger partial charge in [0.15, 0.2) is 0 Å². The molecule has 2 aliphatic heterocycles. The van der Waals surface area contributed by atoms with Gasteiger partial charge in [-0.3, -0.25) is 0 Å². The average molecular weight is 607 g/mol. The highest BCUT2D eigenvalue weighted by molar-refractivity contribution is 5.90. The van der Waals surface area contributed by atoms with Crippen molar-refractivity contribution in [1.29, 1.82) is 0 Å². The fourth-order valence-corrected chi connectivity index (χ4v) is 6.43. The highest BCUT2D eigenvalue weighted by atomic mass is 16.5. The second kappa shape index (κ2) is 24.1. The fourth-order valence-electron chi connectivity index (χ4n) is 6.43. The predicted molar refractivity (Wildman–Crippen MR) is 176 cm³/mol. The van der Waals surface area contributed by atoms with E-state index >= 15 is 0 Å². The molecule has 0 bridgehead atoms. The number of carbonyl (C=O) groups is 1. The number of aliphatic hydroxyl groups is 3. The Morgan fingerprint density at radius 2 is 1.35 bits per heavy atom. The molecule has 0 saturated carbocycles. The van der Waals surface area contributed by atoms with Gasteiger partial charge < -0.3 is 24.8 Å². The van der Waals surface area contributed by atoms with Crippen LogP contribution in [0.15, 0.2) is 23.8 Å². The second-order valence-corrected chi connectivity index (χ2v) is 13.3. The van der Waals surface area contributed by atoms with E-state index in [2.05, 4.69) is 19.1 Å². The third-order valence-electron chi connectivity index (χ3n) is 9.24. The summed E-state index contributed by atoms with van der Waals surface area (Å²) in [5, 5.41) is 31.4. The molecule has 6 atom stereocenters. The van der Waals surface area contributed by atoms with Crippen molar-refractivity contribution >= 4 is 5.97 Å². The largest absolute Gasteiger partial charge is 0.455 e. The van der Waals surface area contributed by atoms with Crippen LogP contribution in [0.2, 0.25) is 0 Å². The minimum absolute atomic E-state index is 0.0407. The molecule has 1 unspecified atom stereocenters. The Hall–Kier alpha value is -1.21. The number of ether oxygens (including phenoxy) is 2. The topological polar surface area (TPSA) is 96.2 Å². The van der Waals surface area contributed by atoms with Crippen molar-refractivity contribution in [3.8, 4) is 0 Å². The SMILES string of the molecule is CCCC/C=C/CCCCCCC[C@H](O)[C@@H]1CC[C@@H](CCC[C@@H](O)[C@H](O)CCCCCCCCCC2=CC(C)OC2=O)O1. The van der Waals surface area contributed by atoms with Crippen LogP contribution in [0.4, 0.5) is 0 Å². The Bertz CT molecular complexity index is 764. The summed E-state index contributed by atoms with van der Waals surface area (Å²) in [6, 6.07) is 0. The van der Waals surface area contributed by atoms with E-state index in [1.165, 1.54) is 64.2 Å². The van der Waals surface area contributed by atoms with Crippen LogP contribution in [-0.4, -0.2) is 57.9 Å². The normalized spacial score (nSPS) is 22.7. The summed E-state index contributed by atoms with van der Waals surface area (Å²) in [4.78, 5) is 11.6. The van der Waals surface area contributed by atoms with Crippen LogP contribution in [0, 0.1) is 0 Å². The molecule has 0 aliphatic carbocycles. The van der Waals surface area contributed by atoms with Crippen molar-refractivity contribution in [2.75, 3.05) is 0 Å².